The van der Waals surface area contributed by atoms with Crippen LogP contribution in [0.15, 0.2) is 24.3 Å². The number of hydrogen-bond donors (Lipinski definition) is 2. The van der Waals surface area contributed by atoms with Crippen molar-refractivity contribution >= 4 is 23.8 Å². The number of nitrogens with one attached hydrogen (secondary N) is 2. The quantitative estimate of drug-likeness (QED) is 0.575. The lowest BCUT2D eigenvalue weighted by molar-refractivity contribution is -0.151. The second kappa shape index (κ2) is 7.85. The zero-order chi connectivity index (χ0) is 20.4. The highest BCUT2D eigenvalue weighted by Gasteiger charge is 2.54. The molecular weight excluding hydrogens is 374 g/mol. The first-order valence-corrected chi connectivity index (χ1v) is 10.2. The summed E-state index contributed by atoms with van der Waals surface area (Å²) < 4.78 is 4.99. The van der Waals surface area contributed by atoms with Crippen LogP contribution in [-0.4, -0.2) is 47.9 Å². The number of rotatable bonds is 5. The number of hydrogen-bond acceptors (Lipinski definition) is 5. The number of imide groups is 1. The van der Waals surface area contributed by atoms with Crippen LogP contribution in [0.25, 0.3) is 0 Å². The van der Waals surface area contributed by atoms with Gasteiger partial charge in [0, 0.05) is 6.04 Å². The molecule has 2 aliphatic carbocycles. The van der Waals surface area contributed by atoms with Crippen LogP contribution in [0.5, 0.6) is 0 Å². The summed E-state index contributed by atoms with van der Waals surface area (Å²) in [6, 6.07) is 7.07. The number of fused-ring (bicyclic) bond motifs is 2. The Balaban J connectivity index is 1.37. The van der Waals surface area contributed by atoms with E-state index in [2.05, 4.69) is 10.6 Å². The van der Waals surface area contributed by atoms with Crippen LogP contribution in [0.4, 0.5) is 4.79 Å². The van der Waals surface area contributed by atoms with Crippen LogP contribution in [0.2, 0.25) is 0 Å². The highest BCUT2D eigenvalue weighted by molar-refractivity contribution is 6.09. The van der Waals surface area contributed by atoms with E-state index in [1.54, 1.807) is 0 Å². The van der Waals surface area contributed by atoms with E-state index in [1.807, 2.05) is 24.3 Å². The number of carbonyl (C=O) groups excluding carboxylic acids is 4. The molecule has 1 aliphatic heterocycles. The Labute approximate surface area is 169 Å². The number of esters is 1. The van der Waals surface area contributed by atoms with Crippen molar-refractivity contribution in [2.75, 3.05) is 13.2 Å². The van der Waals surface area contributed by atoms with Crippen molar-refractivity contribution in [2.24, 2.45) is 0 Å². The second-order valence-corrected chi connectivity index (χ2v) is 7.95. The molecule has 8 heteroatoms. The largest absolute Gasteiger partial charge is 0.454 e. The van der Waals surface area contributed by atoms with E-state index in [9.17, 15) is 19.2 Å². The Hall–Kier alpha value is -2.90. The molecule has 0 aromatic heterocycles. The number of benzene rings is 1. The summed E-state index contributed by atoms with van der Waals surface area (Å²) in [6.45, 7) is -0.918. The molecule has 0 bridgehead atoms. The minimum Gasteiger partial charge on any atom is -0.454 e. The number of urea groups is 1. The predicted octanol–water partition coefficient (Wildman–Crippen LogP) is 1.37. The van der Waals surface area contributed by atoms with Crippen molar-refractivity contribution in [1.82, 2.24) is 15.5 Å². The van der Waals surface area contributed by atoms with Crippen molar-refractivity contribution < 1.29 is 23.9 Å². The Morgan fingerprint density at radius 2 is 1.93 bits per heavy atom. The predicted molar refractivity (Wildman–Crippen MR) is 103 cm³/mol. The lowest BCUT2D eigenvalue weighted by atomic mass is 9.76. The summed E-state index contributed by atoms with van der Waals surface area (Å²) in [5, 5.41) is 5.62. The van der Waals surface area contributed by atoms with Crippen LogP contribution in [0, 0.1) is 0 Å². The van der Waals surface area contributed by atoms with Crippen LogP contribution in [-0.2, 0) is 31.1 Å². The first kappa shape index (κ1) is 19.4. The van der Waals surface area contributed by atoms with Crippen molar-refractivity contribution in [2.45, 2.75) is 56.5 Å². The summed E-state index contributed by atoms with van der Waals surface area (Å²) in [4.78, 5) is 50.6. The van der Waals surface area contributed by atoms with Crippen LogP contribution in [0.1, 0.15) is 49.7 Å². The maximum atomic E-state index is 13.1. The molecule has 1 saturated carbocycles. The van der Waals surface area contributed by atoms with E-state index in [0.717, 1.165) is 54.6 Å². The van der Waals surface area contributed by atoms with Gasteiger partial charge in [0.15, 0.2) is 6.61 Å². The van der Waals surface area contributed by atoms with Gasteiger partial charge in [-0.15, -0.1) is 0 Å². The topological polar surface area (TPSA) is 105 Å². The molecule has 1 saturated heterocycles. The molecule has 1 aromatic carbocycles. The summed E-state index contributed by atoms with van der Waals surface area (Å²) in [5.41, 5.74) is 0.698. The molecule has 8 nitrogen and oxygen atoms in total. The first-order chi connectivity index (χ1) is 14.0. The molecule has 29 heavy (non-hydrogen) atoms. The highest BCUT2D eigenvalue weighted by Crippen LogP contribution is 2.39. The van der Waals surface area contributed by atoms with E-state index >= 15 is 0 Å². The number of carbonyl (C=O) groups is 4. The molecule has 1 heterocycles. The molecule has 4 amide bonds. The van der Waals surface area contributed by atoms with E-state index in [4.69, 9.17) is 4.74 Å². The third-order valence-corrected chi connectivity index (χ3v) is 6.02. The monoisotopic (exact) mass is 399 g/mol. The summed E-state index contributed by atoms with van der Waals surface area (Å²) >= 11 is 0. The van der Waals surface area contributed by atoms with Gasteiger partial charge in [-0.3, -0.25) is 19.3 Å². The zero-order valence-corrected chi connectivity index (χ0v) is 16.2. The number of amides is 4. The van der Waals surface area contributed by atoms with E-state index in [1.165, 1.54) is 0 Å². The Kier molecular flexibility index (Phi) is 5.25. The van der Waals surface area contributed by atoms with Gasteiger partial charge in [-0.05, 0) is 43.2 Å². The number of ether oxygens (including phenoxy) is 1. The van der Waals surface area contributed by atoms with Crippen molar-refractivity contribution in [3.05, 3.63) is 35.4 Å². The van der Waals surface area contributed by atoms with Gasteiger partial charge in [-0.1, -0.05) is 37.1 Å². The van der Waals surface area contributed by atoms with E-state index in [0.29, 0.717) is 6.42 Å². The van der Waals surface area contributed by atoms with E-state index < -0.39 is 36.6 Å². The van der Waals surface area contributed by atoms with Gasteiger partial charge in [0.2, 0.25) is 0 Å². The summed E-state index contributed by atoms with van der Waals surface area (Å²) in [6.07, 6.45) is 6.15. The summed E-state index contributed by atoms with van der Waals surface area (Å²) in [7, 11) is 0. The maximum absolute atomic E-state index is 13.1. The molecule has 2 fully saturated rings. The van der Waals surface area contributed by atoms with Gasteiger partial charge < -0.3 is 15.4 Å². The second-order valence-electron chi connectivity index (χ2n) is 7.95. The fourth-order valence-electron chi connectivity index (χ4n) is 4.62. The molecule has 1 atom stereocenters. The highest BCUT2D eigenvalue weighted by atomic mass is 16.5. The third-order valence-electron chi connectivity index (χ3n) is 6.02. The fourth-order valence-corrected chi connectivity index (χ4v) is 4.62. The van der Waals surface area contributed by atoms with Crippen molar-refractivity contribution in [3.8, 4) is 0 Å². The molecule has 3 aliphatic rings. The Bertz CT molecular complexity index is 848. The average molecular weight is 399 g/mol. The molecule has 1 aromatic rings. The Morgan fingerprint density at radius 3 is 2.72 bits per heavy atom. The Morgan fingerprint density at radius 1 is 1.17 bits per heavy atom. The standard InChI is InChI=1S/C21H25N3O5/c25-17(22-15-8-2-3-9-15)13-29-18(26)12-24-19(27)21(23-20(24)28)11-5-7-14-6-1-4-10-16(14)21/h1,4,6,10,15H,2-3,5,7-9,11-13H2,(H,22,25)(H,23,28)/t21-/m0/s1. The normalized spacial score (nSPS) is 23.8. The SMILES string of the molecule is O=C(COC(=O)CN1C(=O)N[C@]2(CCCc3ccccc32)C1=O)NC1CCCC1. The minimum absolute atomic E-state index is 0.137. The molecule has 154 valence electrons. The zero-order valence-electron chi connectivity index (χ0n) is 16.2. The molecule has 4 rings (SSSR count). The van der Waals surface area contributed by atoms with Crippen LogP contribution < -0.4 is 10.6 Å². The molecule has 2 N–H and O–H groups in total. The van der Waals surface area contributed by atoms with Gasteiger partial charge in [0.25, 0.3) is 11.8 Å². The smallest absolute Gasteiger partial charge is 0.326 e. The molecule has 1 spiro atoms. The van der Waals surface area contributed by atoms with Gasteiger partial charge in [-0.2, -0.15) is 0 Å². The average Bonchev–Trinajstić information content (AvgIpc) is 3.30. The third kappa shape index (κ3) is 3.71. The lowest BCUT2D eigenvalue weighted by Crippen LogP contribution is -2.47. The summed E-state index contributed by atoms with van der Waals surface area (Å²) in [5.74, 6) is -1.58. The van der Waals surface area contributed by atoms with Crippen LogP contribution in [0.3, 0.4) is 0 Å². The van der Waals surface area contributed by atoms with Gasteiger partial charge in [0.05, 0.1) is 0 Å². The first-order valence-electron chi connectivity index (χ1n) is 10.2. The molecule has 0 radical (unpaired) electrons. The minimum atomic E-state index is -1.12. The van der Waals surface area contributed by atoms with Gasteiger partial charge in [0.1, 0.15) is 12.1 Å². The van der Waals surface area contributed by atoms with Gasteiger partial charge in [-0.25, -0.2) is 4.79 Å². The van der Waals surface area contributed by atoms with Crippen molar-refractivity contribution in [3.63, 3.8) is 0 Å². The number of aryl methyl sites for hydroxylation is 1. The van der Waals surface area contributed by atoms with Crippen molar-refractivity contribution in [1.29, 1.82) is 0 Å². The maximum Gasteiger partial charge on any atom is 0.326 e. The van der Waals surface area contributed by atoms with Gasteiger partial charge >= 0.3 is 12.0 Å². The molecule has 0 unspecified atom stereocenters. The lowest BCUT2D eigenvalue weighted by Gasteiger charge is -2.33. The molecular formula is C21H25N3O5. The van der Waals surface area contributed by atoms with Crippen LogP contribution >= 0.6 is 0 Å². The number of nitrogens with zero attached hydrogens (tertiary/aromatic N) is 1. The fraction of sp³-hybridized carbons (Fsp3) is 0.524. The van der Waals surface area contributed by atoms with E-state index in [-0.39, 0.29) is 11.9 Å².